The highest BCUT2D eigenvalue weighted by molar-refractivity contribution is 5.65. The van der Waals surface area contributed by atoms with Crippen LogP contribution < -0.4 is 5.73 Å². The molecule has 3 nitrogen and oxygen atoms in total. The van der Waals surface area contributed by atoms with Crippen molar-refractivity contribution in [2.45, 2.75) is 19.3 Å². The maximum absolute atomic E-state index is 10.7. The molecule has 0 aliphatic heterocycles. The minimum Gasteiger partial charge on any atom is -0.449 e. The largest absolute Gasteiger partial charge is 0.449 e. The van der Waals surface area contributed by atoms with E-state index in [1.165, 1.54) is 11.1 Å². The van der Waals surface area contributed by atoms with E-state index in [1.807, 2.05) is 32.0 Å². The maximum Gasteiger partial charge on any atom is 0.404 e. The van der Waals surface area contributed by atoms with Crippen molar-refractivity contribution >= 4 is 6.09 Å². The second-order valence-electron chi connectivity index (χ2n) is 5.43. The fraction of sp³-hybridized carbons (Fsp3) is 0.235. The van der Waals surface area contributed by atoms with Crippen LogP contribution >= 0.6 is 0 Å². The molecule has 0 saturated carbocycles. The zero-order valence-corrected chi connectivity index (χ0v) is 11.8. The normalized spacial score (nSPS) is 11.1. The van der Waals surface area contributed by atoms with Gasteiger partial charge in [0.2, 0.25) is 0 Å². The number of primary amides is 1. The Kier molecular flexibility index (Phi) is 4.08. The van der Waals surface area contributed by atoms with E-state index < -0.39 is 6.09 Å². The number of rotatable bonds is 4. The van der Waals surface area contributed by atoms with Crippen LogP contribution in [0.5, 0.6) is 0 Å². The smallest absolute Gasteiger partial charge is 0.404 e. The summed E-state index contributed by atoms with van der Waals surface area (Å²) < 4.78 is 4.91. The summed E-state index contributed by atoms with van der Waals surface area (Å²) in [5, 5.41) is 0. The first-order valence-corrected chi connectivity index (χ1v) is 6.57. The van der Waals surface area contributed by atoms with Crippen molar-refractivity contribution in [3.8, 4) is 11.1 Å². The lowest BCUT2D eigenvalue weighted by Crippen LogP contribution is -2.28. The first-order valence-electron chi connectivity index (χ1n) is 6.57. The molecular formula is C17H19NO2. The molecule has 2 rings (SSSR count). The molecule has 0 fully saturated rings. The number of amides is 1. The highest BCUT2D eigenvalue weighted by Gasteiger charge is 2.22. The van der Waals surface area contributed by atoms with Crippen LogP contribution in [-0.4, -0.2) is 12.7 Å². The van der Waals surface area contributed by atoms with Crippen LogP contribution in [0.3, 0.4) is 0 Å². The molecule has 104 valence electrons. The molecule has 2 aromatic carbocycles. The van der Waals surface area contributed by atoms with E-state index in [2.05, 4.69) is 36.4 Å². The third-order valence-electron chi connectivity index (χ3n) is 3.35. The Bertz CT molecular complexity index is 574. The topological polar surface area (TPSA) is 52.3 Å². The zero-order valence-electron chi connectivity index (χ0n) is 11.8. The molecule has 2 N–H and O–H groups in total. The molecule has 0 atom stereocenters. The Morgan fingerprint density at radius 3 is 2.10 bits per heavy atom. The summed E-state index contributed by atoms with van der Waals surface area (Å²) in [6.07, 6.45) is -0.737. The first-order chi connectivity index (χ1) is 9.49. The molecule has 0 aliphatic carbocycles. The Morgan fingerprint density at radius 2 is 1.55 bits per heavy atom. The summed E-state index contributed by atoms with van der Waals surface area (Å²) >= 11 is 0. The third-order valence-corrected chi connectivity index (χ3v) is 3.35. The van der Waals surface area contributed by atoms with E-state index >= 15 is 0 Å². The number of hydrogen-bond donors (Lipinski definition) is 1. The molecule has 0 saturated heterocycles. The summed E-state index contributed by atoms with van der Waals surface area (Å²) in [5.41, 5.74) is 8.22. The summed E-state index contributed by atoms with van der Waals surface area (Å²) in [6.45, 7) is 4.31. The van der Waals surface area contributed by atoms with Crippen LogP contribution in [0.25, 0.3) is 11.1 Å². The second kappa shape index (κ2) is 5.78. The van der Waals surface area contributed by atoms with Gasteiger partial charge in [0.25, 0.3) is 0 Å². The lowest BCUT2D eigenvalue weighted by molar-refractivity contribution is 0.133. The minimum atomic E-state index is -0.737. The van der Waals surface area contributed by atoms with Crippen LogP contribution in [0, 0.1) is 0 Å². The van der Waals surface area contributed by atoms with Gasteiger partial charge in [-0.05, 0) is 16.7 Å². The van der Waals surface area contributed by atoms with E-state index in [0.29, 0.717) is 0 Å². The van der Waals surface area contributed by atoms with Crippen molar-refractivity contribution in [1.29, 1.82) is 0 Å². The van der Waals surface area contributed by atoms with Crippen molar-refractivity contribution in [3.63, 3.8) is 0 Å². The van der Waals surface area contributed by atoms with Gasteiger partial charge >= 0.3 is 6.09 Å². The minimum absolute atomic E-state index is 0.260. The molecule has 3 heteroatoms. The highest BCUT2D eigenvalue weighted by atomic mass is 16.5. The lowest BCUT2D eigenvalue weighted by atomic mass is 9.85. The van der Waals surface area contributed by atoms with Gasteiger partial charge in [-0.2, -0.15) is 0 Å². The van der Waals surface area contributed by atoms with Gasteiger partial charge in [-0.25, -0.2) is 4.79 Å². The van der Waals surface area contributed by atoms with Crippen molar-refractivity contribution < 1.29 is 9.53 Å². The van der Waals surface area contributed by atoms with E-state index in [4.69, 9.17) is 10.5 Å². The molecular weight excluding hydrogens is 250 g/mol. The second-order valence-corrected chi connectivity index (χ2v) is 5.43. The Hall–Kier alpha value is -2.29. The number of benzene rings is 2. The molecule has 2 aromatic rings. The summed E-state index contributed by atoms with van der Waals surface area (Å²) in [4.78, 5) is 10.7. The standard InChI is InChI=1S/C17H19NO2/c1-17(2,12-20-16(18)19)15-10-8-14(9-11-15)13-6-4-3-5-7-13/h3-11H,12H2,1-2H3,(H2,18,19). The van der Waals surface area contributed by atoms with Gasteiger partial charge in [0.05, 0.1) is 0 Å². The van der Waals surface area contributed by atoms with Crippen molar-refractivity contribution in [2.24, 2.45) is 5.73 Å². The number of carbonyl (C=O) groups excluding carboxylic acids is 1. The Balaban J connectivity index is 2.17. The average Bonchev–Trinajstić information content (AvgIpc) is 2.46. The van der Waals surface area contributed by atoms with Crippen LogP contribution in [0.1, 0.15) is 19.4 Å². The molecule has 0 unspecified atom stereocenters. The SMILES string of the molecule is CC(C)(COC(N)=O)c1ccc(-c2ccccc2)cc1. The van der Waals surface area contributed by atoms with Crippen LogP contribution in [0.15, 0.2) is 54.6 Å². The fourth-order valence-corrected chi connectivity index (χ4v) is 2.08. The van der Waals surface area contributed by atoms with E-state index in [0.717, 1.165) is 5.56 Å². The van der Waals surface area contributed by atoms with Crippen molar-refractivity contribution in [3.05, 3.63) is 60.2 Å². The zero-order chi connectivity index (χ0) is 14.6. The molecule has 0 spiro atoms. The van der Waals surface area contributed by atoms with Gasteiger partial charge in [-0.3, -0.25) is 0 Å². The Labute approximate surface area is 119 Å². The number of hydrogen-bond acceptors (Lipinski definition) is 2. The quantitative estimate of drug-likeness (QED) is 0.919. The summed E-state index contributed by atoms with van der Waals surface area (Å²) in [7, 11) is 0. The molecule has 0 aliphatic rings. The van der Waals surface area contributed by atoms with Gasteiger partial charge in [0.1, 0.15) is 6.61 Å². The van der Waals surface area contributed by atoms with Crippen molar-refractivity contribution in [2.75, 3.05) is 6.61 Å². The van der Waals surface area contributed by atoms with Gasteiger partial charge in [0.15, 0.2) is 0 Å². The average molecular weight is 269 g/mol. The van der Waals surface area contributed by atoms with Gasteiger partial charge in [-0.1, -0.05) is 68.4 Å². The number of ether oxygens (including phenoxy) is 1. The molecule has 0 aromatic heterocycles. The fourth-order valence-electron chi connectivity index (χ4n) is 2.08. The van der Waals surface area contributed by atoms with E-state index in [-0.39, 0.29) is 12.0 Å². The summed E-state index contributed by atoms with van der Waals surface area (Å²) in [5.74, 6) is 0. The summed E-state index contributed by atoms with van der Waals surface area (Å²) in [6, 6.07) is 18.5. The predicted octanol–water partition coefficient (Wildman–Crippen LogP) is 3.73. The van der Waals surface area contributed by atoms with Gasteiger partial charge < -0.3 is 10.5 Å². The van der Waals surface area contributed by atoms with Gasteiger partial charge in [-0.15, -0.1) is 0 Å². The third kappa shape index (κ3) is 3.38. The molecule has 1 amide bonds. The maximum atomic E-state index is 10.7. The van der Waals surface area contributed by atoms with Crippen LogP contribution in [-0.2, 0) is 10.2 Å². The number of nitrogens with two attached hydrogens (primary N) is 1. The van der Waals surface area contributed by atoms with Gasteiger partial charge in [0, 0.05) is 5.41 Å². The highest BCUT2D eigenvalue weighted by Crippen LogP contribution is 2.26. The Morgan fingerprint density at radius 1 is 1.00 bits per heavy atom. The van der Waals surface area contributed by atoms with Crippen LogP contribution in [0.2, 0.25) is 0 Å². The van der Waals surface area contributed by atoms with Crippen molar-refractivity contribution in [1.82, 2.24) is 0 Å². The molecule has 0 radical (unpaired) electrons. The van der Waals surface area contributed by atoms with E-state index in [9.17, 15) is 4.79 Å². The molecule has 20 heavy (non-hydrogen) atoms. The molecule has 0 heterocycles. The monoisotopic (exact) mass is 269 g/mol. The lowest BCUT2D eigenvalue weighted by Gasteiger charge is -2.24. The van der Waals surface area contributed by atoms with Crippen LogP contribution in [0.4, 0.5) is 4.79 Å². The molecule has 0 bridgehead atoms. The van der Waals surface area contributed by atoms with E-state index in [1.54, 1.807) is 0 Å². The number of carbonyl (C=O) groups is 1. The predicted molar refractivity (Wildman–Crippen MR) is 80.4 cm³/mol. The first kappa shape index (κ1) is 14.1.